The quantitative estimate of drug-likeness (QED) is 0.837. The predicted octanol–water partition coefficient (Wildman–Crippen LogP) is 1.68. The van der Waals surface area contributed by atoms with Gasteiger partial charge in [-0.25, -0.2) is 0 Å². The highest BCUT2D eigenvalue weighted by Crippen LogP contribution is 2.55. The van der Waals surface area contributed by atoms with Crippen LogP contribution in [0.15, 0.2) is 30.3 Å². The van der Waals surface area contributed by atoms with E-state index in [0.717, 1.165) is 17.7 Å². The minimum atomic E-state index is -0.266. The zero-order valence-electron chi connectivity index (χ0n) is 11.4. The maximum Gasteiger partial charge on any atom is 0.272 e. The Hall–Kier alpha value is -2.43. The molecule has 1 saturated carbocycles. The number of aromatic amines is 1. The molecule has 0 aliphatic heterocycles. The first-order valence-corrected chi connectivity index (χ1v) is 7.17. The molecule has 0 radical (unpaired) electrons. The third kappa shape index (κ3) is 2.05. The standard InChI is InChI=1S/C16H15N3O2/c20-13(9-4-2-1-3-5-9)8-17-16(21)15-12-7-10-6-11(10)14(12)18-19-15/h1-5,10-11H,6-8H2,(H,17,21)(H,18,19). The van der Waals surface area contributed by atoms with Gasteiger partial charge in [-0.2, -0.15) is 5.10 Å². The van der Waals surface area contributed by atoms with Gasteiger partial charge in [0.05, 0.1) is 6.54 Å². The summed E-state index contributed by atoms with van der Waals surface area (Å²) < 4.78 is 0. The van der Waals surface area contributed by atoms with Crippen LogP contribution in [-0.4, -0.2) is 28.4 Å². The Morgan fingerprint density at radius 1 is 1.29 bits per heavy atom. The number of amides is 1. The minimum absolute atomic E-state index is 0.00264. The van der Waals surface area contributed by atoms with Gasteiger partial charge in [-0.3, -0.25) is 14.7 Å². The van der Waals surface area contributed by atoms with Gasteiger partial charge in [-0.05, 0) is 18.8 Å². The number of rotatable bonds is 4. The Labute approximate surface area is 121 Å². The Morgan fingerprint density at radius 2 is 2.10 bits per heavy atom. The number of hydrogen-bond donors (Lipinski definition) is 2. The Kier molecular flexibility index (Phi) is 2.67. The molecule has 106 valence electrons. The number of hydrogen-bond acceptors (Lipinski definition) is 3. The second-order valence-corrected chi connectivity index (χ2v) is 5.74. The van der Waals surface area contributed by atoms with Crippen LogP contribution < -0.4 is 5.32 Å². The van der Waals surface area contributed by atoms with E-state index < -0.39 is 0 Å². The number of fused-ring (bicyclic) bond motifs is 3. The topological polar surface area (TPSA) is 74.8 Å². The monoisotopic (exact) mass is 281 g/mol. The van der Waals surface area contributed by atoms with Crippen LogP contribution in [0.4, 0.5) is 0 Å². The first-order valence-electron chi connectivity index (χ1n) is 7.17. The van der Waals surface area contributed by atoms with Gasteiger partial charge in [0.25, 0.3) is 5.91 Å². The number of ketones is 1. The van der Waals surface area contributed by atoms with Crippen LogP contribution in [0, 0.1) is 5.92 Å². The van der Waals surface area contributed by atoms with Gasteiger partial charge in [-0.1, -0.05) is 30.3 Å². The van der Waals surface area contributed by atoms with Crippen molar-refractivity contribution in [1.82, 2.24) is 15.5 Å². The number of Topliss-reactive ketones (excluding diaryl/α,β-unsaturated/α-hetero) is 1. The molecule has 2 unspecified atom stereocenters. The van der Waals surface area contributed by atoms with Crippen molar-refractivity contribution >= 4 is 11.7 Å². The van der Waals surface area contributed by atoms with Crippen LogP contribution in [0.5, 0.6) is 0 Å². The van der Waals surface area contributed by atoms with Gasteiger partial charge in [-0.15, -0.1) is 0 Å². The number of carbonyl (C=O) groups excluding carboxylic acids is 2. The van der Waals surface area contributed by atoms with Gasteiger partial charge < -0.3 is 5.32 Å². The SMILES string of the molecule is O=C(CNC(=O)c1n[nH]c2c1CC1CC21)c1ccccc1. The number of nitrogens with zero attached hydrogens (tertiary/aromatic N) is 1. The first-order chi connectivity index (χ1) is 10.2. The number of nitrogens with one attached hydrogen (secondary N) is 2. The predicted molar refractivity (Wildman–Crippen MR) is 76.2 cm³/mol. The fourth-order valence-electron chi connectivity index (χ4n) is 3.14. The van der Waals surface area contributed by atoms with Gasteiger partial charge in [0.15, 0.2) is 11.5 Å². The molecular formula is C16H15N3O2. The van der Waals surface area contributed by atoms with Crippen molar-refractivity contribution in [2.75, 3.05) is 6.54 Å². The zero-order chi connectivity index (χ0) is 14.4. The molecule has 21 heavy (non-hydrogen) atoms. The molecule has 2 aliphatic rings. The summed E-state index contributed by atoms with van der Waals surface area (Å²) in [6.07, 6.45) is 2.15. The van der Waals surface area contributed by atoms with Crippen LogP contribution in [0.3, 0.4) is 0 Å². The number of H-pyrrole nitrogens is 1. The Bertz CT molecular complexity index is 720. The normalized spacial score (nSPS) is 21.5. The first kappa shape index (κ1) is 12.3. The van der Waals surface area contributed by atoms with Gasteiger partial charge >= 0.3 is 0 Å². The lowest BCUT2D eigenvalue weighted by molar-refractivity contribution is 0.0900. The third-order valence-corrected chi connectivity index (χ3v) is 4.38. The molecule has 2 N–H and O–H groups in total. The number of carbonyl (C=O) groups is 2. The minimum Gasteiger partial charge on any atom is -0.343 e. The van der Waals surface area contributed by atoms with Crippen molar-refractivity contribution in [3.63, 3.8) is 0 Å². The van der Waals surface area contributed by atoms with Crippen molar-refractivity contribution in [2.24, 2.45) is 5.92 Å². The summed E-state index contributed by atoms with van der Waals surface area (Å²) in [5.74, 6) is 0.920. The molecule has 1 aromatic carbocycles. The molecule has 0 bridgehead atoms. The highest BCUT2D eigenvalue weighted by molar-refractivity contribution is 6.02. The third-order valence-electron chi connectivity index (χ3n) is 4.38. The van der Waals surface area contributed by atoms with E-state index >= 15 is 0 Å². The molecule has 2 aromatic rings. The maximum absolute atomic E-state index is 12.2. The number of aromatic nitrogens is 2. The fraction of sp³-hybridized carbons (Fsp3) is 0.312. The summed E-state index contributed by atoms with van der Waals surface area (Å²) in [5, 5.41) is 9.77. The average molecular weight is 281 g/mol. The molecule has 1 amide bonds. The van der Waals surface area contributed by atoms with Gasteiger partial charge in [0.1, 0.15) is 0 Å². The van der Waals surface area contributed by atoms with E-state index in [1.807, 2.05) is 18.2 Å². The van der Waals surface area contributed by atoms with E-state index in [2.05, 4.69) is 15.5 Å². The molecule has 2 atom stereocenters. The van der Waals surface area contributed by atoms with Crippen LogP contribution in [0.2, 0.25) is 0 Å². The van der Waals surface area contributed by atoms with Gasteiger partial charge in [0.2, 0.25) is 0 Å². The Morgan fingerprint density at radius 3 is 2.90 bits per heavy atom. The molecule has 1 fully saturated rings. The summed E-state index contributed by atoms with van der Waals surface area (Å²) in [7, 11) is 0. The van der Waals surface area contributed by atoms with Crippen LogP contribution in [0.25, 0.3) is 0 Å². The van der Waals surface area contributed by atoms with Crippen molar-refractivity contribution in [2.45, 2.75) is 18.8 Å². The maximum atomic E-state index is 12.2. The molecule has 5 heteroatoms. The average Bonchev–Trinajstić information content (AvgIpc) is 3.00. The second-order valence-electron chi connectivity index (χ2n) is 5.74. The molecule has 0 saturated heterocycles. The van der Waals surface area contributed by atoms with Crippen LogP contribution >= 0.6 is 0 Å². The summed E-state index contributed by atoms with van der Waals surface area (Å²) in [6, 6.07) is 8.96. The van der Waals surface area contributed by atoms with E-state index in [1.54, 1.807) is 12.1 Å². The van der Waals surface area contributed by atoms with E-state index in [1.165, 1.54) is 6.42 Å². The summed E-state index contributed by atoms with van der Waals surface area (Å²) in [5.41, 5.74) is 3.23. The lowest BCUT2D eigenvalue weighted by Crippen LogP contribution is -2.30. The van der Waals surface area contributed by atoms with E-state index in [-0.39, 0.29) is 18.2 Å². The molecule has 0 spiro atoms. The molecular weight excluding hydrogens is 266 g/mol. The number of benzene rings is 1. The van der Waals surface area contributed by atoms with E-state index in [9.17, 15) is 9.59 Å². The van der Waals surface area contributed by atoms with Crippen molar-refractivity contribution in [3.05, 3.63) is 52.8 Å². The van der Waals surface area contributed by atoms with E-state index in [4.69, 9.17) is 0 Å². The van der Waals surface area contributed by atoms with Crippen LogP contribution in [-0.2, 0) is 6.42 Å². The largest absolute Gasteiger partial charge is 0.343 e. The molecule has 2 aliphatic carbocycles. The summed E-state index contributed by atoms with van der Waals surface area (Å²) in [4.78, 5) is 24.1. The van der Waals surface area contributed by atoms with Crippen LogP contribution in [0.1, 0.15) is 44.4 Å². The lowest BCUT2D eigenvalue weighted by atomic mass is 10.1. The van der Waals surface area contributed by atoms with Crippen molar-refractivity contribution in [3.8, 4) is 0 Å². The van der Waals surface area contributed by atoms with E-state index in [0.29, 0.717) is 23.1 Å². The molecule has 1 aromatic heterocycles. The molecule has 5 nitrogen and oxygen atoms in total. The zero-order valence-corrected chi connectivity index (χ0v) is 11.4. The summed E-state index contributed by atoms with van der Waals surface area (Å²) >= 11 is 0. The summed E-state index contributed by atoms with van der Waals surface area (Å²) in [6.45, 7) is -0.00264. The van der Waals surface area contributed by atoms with Crippen molar-refractivity contribution < 1.29 is 9.59 Å². The fourth-order valence-corrected chi connectivity index (χ4v) is 3.14. The highest BCUT2D eigenvalue weighted by atomic mass is 16.2. The van der Waals surface area contributed by atoms with Gasteiger partial charge in [0, 0.05) is 22.7 Å². The Balaban J connectivity index is 1.43. The molecule has 4 rings (SSSR count). The van der Waals surface area contributed by atoms with Crippen molar-refractivity contribution in [1.29, 1.82) is 0 Å². The lowest BCUT2D eigenvalue weighted by Gasteiger charge is -2.04. The smallest absolute Gasteiger partial charge is 0.272 e. The highest BCUT2D eigenvalue weighted by Gasteiger charge is 2.48. The second kappa shape index (κ2) is 4.55. The molecule has 1 heterocycles.